The van der Waals surface area contributed by atoms with Crippen molar-refractivity contribution in [2.24, 2.45) is 0 Å². The van der Waals surface area contributed by atoms with E-state index in [0.29, 0.717) is 12.2 Å². The molecular weight excluding hydrogens is 278 g/mol. The highest BCUT2D eigenvalue weighted by molar-refractivity contribution is 5.77. The average molecular weight is 297 g/mol. The summed E-state index contributed by atoms with van der Waals surface area (Å²) in [6.07, 6.45) is 2.19. The lowest BCUT2D eigenvalue weighted by molar-refractivity contribution is -0.383. The molecule has 0 atom stereocenters. The summed E-state index contributed by atoms with van der Waals surface area (Å²) in [5, 5.41) is 14.8. The van der Waals surface area contributed by atoms with Crippen molar-refractivity contribution in [3.63, 3.8) is 0 Å². The van der Waals surface area contributed by atoms with E-state index in [4.69, 9.17) is 0 Å². The molecule has 2 aromatic carbocycles. The Bertz CT molecular complexity index is 652. The standard InChI is InChI=1S/C17H19N3O2/c21-20(22)17-15(18-13-14-7-2-1-3-8-14)9-6-10-16(17)19-11-4-5-12-19/h1-3,6-10,18H,4-5,11-13H2. The van der Waals surface area contributed by atoms with Crippen LogP contribution in [0.15, 0.2) is 48.5 Å². The molecule has 1 fully saturated rings. The van der Waals surface area contributed by atoms with Crippen LogP contribution >= 0.6 is 0 Å². The van der Waals surface area contributed by atoms with Crippen molar-refractivity contribution in [2.45, 2.75) is 19.4 Å². The van der Waals surface area contributed by atoms with Gasteiger partial charge in [-0.3, -0.25) is 10.1 Å². The number of benzene rings is 2. The fourth-order valence-corrected chi connectivity index (χ4v) is 2.87. The number of anilines is 2. The molecule has 0 bridgehead atoms. The molecule has 0 unspecified atom stereocenters. The lowest BCUT2D eigenvalue weighted by atomic mass is 10.2. The lowest BCUT2D eigenvalue weighted by Gasteiger charge is -2.19. The van der Waals surface area contributed by atoms with E-state index in [1.807, 2.05) is 42.5 Å². The third-order valence-electron chi connectivity index (χ3n) is 3.97. The number of rotatable bonds is 5. The maximum Gasteiger partial charge on any atom is 0.315 e. The number of hydrogen-bond acceptors (Lipinski definition) is 4. The van der Waals surface area contributed by atoms with E-state index in [1.54, 1.807) is 6.07 Å². The summed E-state index contributed by atoms with van der Waals surface area (Å²) in [5.41, 5.74) is 2.59. The first-order valence-electron chi connectivity index (χ1n) is 7.56. The molecule has 22 heavy (non-hydrogen) atoms. The Hall–Kier alpha value is -2.56. The van der Waals surface area contributed by atoms with Crippen molar-refractivity contribution in [1.29, 1.82) is 0 Å². The van der Waals surface area contributed by atoms with Crippen LogP contribution in [0.1, 0.15) is 18.4 Å². The largest absolute Gasteiger partial charge is 0.375 e. The van der Waals surface area contributed by atoms with Gasteiger partial charge in [-0.2, -0.15) is 0 Å². The first-order chi connectivity index (χ1) is 10.8. The molecular formula is C17H19N3O2. The van der Waals surface area contributed by atoms with E-state index in [0.717, 1.165) is 37.2 Å². The lowest BCUT2D eigenvalue weighted by Crippen LogP contribution is -2.19. The topological polar surface area (TPSA) is 58.4 Å². The van der Waals surface area contributed by atoms with Gasteiger partial charge in [0.2, 0.25) is 0 Å². The molecule has 0 saturated carbocycles. The van der Waals surface area contributed by atoms with Gasteiger partial charge in [-0.15, -0.1) is 0 Å². The quantitative estimate of drug-likeness (QED) is 0.673. The van der Waals surface area contributed by atoms with E-state index < -0.39 is 0 Å². The molecule has 114 valence electrons. The molecule has 0 aromatic heterocycles. The molecule has 1 aliphatic heterocycles. The van der Waals surface area contributed by atoms with Crippen LogP contribution in [0.5, 0.6) is 0 Å². The molecule has 1 heterocycles. The van der Waals surface area contributed by atoms with Gasteiger partial charge >= 0.3 is 5.69 Å². The Balaban J connectivity index is 1.86. The molecule has 5 nitrogen and oxygen atoms in total. The predicted octanol–water partition coefficient (Wildman–Crippen LogP) is 3.81. The predicted molar refractivity (Wildman–Crippen MR) is 88.3 cm³/mol. The van der Waals surface area contributed by atoms with Gasteiger partial charge in [0.15, 0.2) is 0 Å². The second-order valence-corrected chi connectivity index (χ2v) is 5.46. The van der Waals surface area contributed by atoms with Gasteiger partial charge in [-0.1, -0.05) is 36.4 Å². The summed E-state index contributed by atoms with van der Waals surface area (Å²) in [4.78, 5) is 13.4. The number of hydrogen-bond donors (Lipinski definition) is 1. The van der Waals surface area contributed by atoms with Crippen molar-refractivity contribution in [2.75, 3.05) is 23.3 Å². The van der Waals surface area contributed by atoms with E-state index in [1.165, 1.54) is 0 Å². The molecule has 1 aliphatic rings. The van der Waals surface area contributed by atoms with Gasteiger partial charge in [-0.25, -0.2) is 0 Å². The molecule has 2 aromatic rings. The summed E-state index contributed by atoms with van der Waals surface area (Å²) in [6.45, 7) is 2.36. The zero-order valence-electron chi connectivity index (χ0n) is 12.4. The number of nitro benzene ring substituents is 1. The zero-order chi connectivity index (χ0) is 15.4. The Kier molecular flexibility index (Phi) is 4.23. The monoisotopic (exact) mass is 297 g/mol. The van der Waals surface area contributed by atoms with Crippen LogP contribution in [0.4, 0.5) is 17.1 Å². The van der Waals surface area contributed by atoms with E-state index in [2.05, 4.69) is 10.2 Å². The molecule has 0 radical (unpaired) electrons. The highest BCUT2D eigenvalue weighted by Gasteiger charge is 2.25. The highest BCUT2D eigenvalue weighted by Crippen LogP contribution is 2.37. The average Bonchev–Trinajstić information content (AvgIpc) is 3.07. The number of para-hydroxylation sites is 1. The Labute approximate surface area is 129 Å². The van der Waals surface area contributed by atoms with Crippen molar-refractivity contribution >= 4 is 17.1 Å². The third-order valence-corrected chi connectivity index (χ3v) is 3.97. The van der Waals surface area contributed by atoms with Crippen LogP contribution in [0.3, 0.4) is 0 Å². The summed E-state index contributed by atoms with van der Waals surface area (Å²) >= 11 is 0. The van der Waals surface area contributed by atoms with Crippen LogP contribution < -0.4 is 10.2 Å². The normalized spacial score (nSPS) is 14.1. The van der Waals surface area contributed by atoms with Crippen LogP contribution in [0.25, 0.3) is 0 Å². The summed E-state index contributed by atoms with van der Waals surface area (Å²) in [7, 11) is 0. The highest BCUT2D eigenvalue weighted by atomic mass is 16.6. The van der Waals surface area contributed by atoms with Gasteiger partial charge in [-0.05, 0) is 30.5 Å². The molecule has 3 rings (SSSR count). The number of nitro groups is 1. The van der Waals surface area contributed by atoms with Crippen molar-refractivity contribution in [3.8, 4) is 0 Å². The summed E-state index contributed by atoms with van der Waals surface area (Å²) in [5.74, 6) is 0. The van der Waals surface area contributed by atoms with Crippen molar-refractivity contribution < 1.29 is 4.92 Å². The number of nitrogens with zero attached hydrogens (tertiary/aromatic N) is 2. The van der Waals surface area contributed by atoms with Gasteiger partial charge < -0.3 is 10.2 Å². The molecule has 1 saturated heterocycles. The second kappa shape index (κ2) is 6.47. The van der Waals surface area contributed by atoms with Crippen LogP contribution in [-0.2, 0) is 6.54 Å². The van der Waals surface area contributed by atoms with Gasteiger partial charge in [0.05, 0.1) is 4.92 Å². The SMILES string of the molecule is O=[N+]([O-])c1c(NCc2ccccc2)cccc1N1CCCC1. The molecule has 0 spiro atoms. The number of nitrogens with one attached hydrogen (secondary N) is 1. The van der Waals surface area contributed by atoms with Crippen molar-refractivity contribution in [3.05, 3.63) is 64.2 Å². The fourth-order valence-electron chi connectivity index (χ4n) is 2.87. The Morgan fingerprint density at radius 2 is 1.77 bits per heavy atom. The first kappa shape index (κ1) is 14.4. The van der Waals surface area contributed by atoms with E-state index in [9.17, 15) is 10.1 Å². The summed E-state index contributed by atoms with van der Waals surface area (Å²) < 4.78 is 0. The molecule has 0 amide bonds. The Morgan fingerprint density at radius 1 is 1.05 bits per heavy atom. The van der Waals surface area contributed by atoms with E-state index >= 15 is 0 Å². The smallest absolute Gasteiger partial charge is 0.315 e. The van der Waals surface area contributed by atoms with Gasteiger partial charge in [0, 0.05) is 19.6 Å². The molecule has 0 aliphatic carbocycles. The van der Waals surface area contributed by atoms with E-state index in [-0.39, 0.29) is 10.6 Å². The third kappa shape index (κ3) is 3.03. The fraction of sp³-hybridized carbons (Fsp3) is 0.294. The maximum absolute atomic E-state index is 11.5. The van der Waals surface area contributed by atoms with Crippen LogP contribution in [0.2, 0.25) is 0 Å². The van der Waals surface area contributed by atoms with Crippen molar-refractivity contribution in [1.82, 2.24) is 0 Å². The van der Waals surface area contributed by atoms with Crippen LogP contribution in [0, 0.1) is 10.1 Å². The minimum absolute atomic E-state index is 0.181. The second-order valence-electron chi connectivity index (χ2n) is 5.46. The van der Waals surface area contributed by atoms with Crippen LogP contribution in [-0.4, -0.2) is 18.0 Å². The van der Waals surface area contributed by atoms with Gasteiger partial charge in [0.25, 0.3) is 0 Å². The zero-order valence-corrected chi connectivity index (χ0v) is 12.4. The first-order valence-corrected chi connectivity index (χ1v) is 7.56. The maximum atomic E-state index is 11.5. The summed E-state index contributed by atoms with van der Waals surface area (Å²) in [6, 6.07) is 15.4. The van der Waals surface area contributed by atoms with Gasteiger partial charge in [0.1, 0.15) is 11.4 Å². The Morgan fingerprint density at radius 3 is 2.45 bits per heavy atom. The minimum Gasteiger partial charge on any atom is -0.375 e. The minimum atomic E-state index is -0.277. The molecule has 5 heteroatoms. The molecule has 1 N–H and O–H groups in total.